The quantitative estimate of drug-likeness (QED) is 0.739. The number of nitrogens with zero attached hydrogens (tertiary/aromatic N) is 2. The maximum atomic E-state index is 4.37. The lowest BCUT2D eigenvalue weighted by Gasteiger charge is -2.10. The third-order valence-corrected chi connectivity index (χ3v) is 3.50. The van der Waals surface area contributed by atoms with Gasteiger partial charge in [-0.2, -0.15) is 0 Å². The Kier molecular flexibility index (Phi) is 2.29. The van der Waals surface area contributed by atoms with Crippen LogP contribution < -0.4 is 0 Å². The molecule has 0 spiro atoms. The van der Waals surface area contributed by atoms with Crippen LogP contribution in [0.4, 0.5) is 0 Å². The van der Waals surface area contributed by atoms with E-state index >= 15 is 0 Å². The van der Waals surface area contributed by atoms with Crippen LogP contribution in [0.1, 0.15) is 23.1 Å². The van der Waals surface area contributed by atoms with E-state index in [9.17, 15) is 0 Å². The van der Waals surface area contributed by atoms with Crippen molar-refractivity contribution in [2.45, 2.75) is 19.8 Å². The van der Waals surface area contributed by atoms with Crippen molar-refractivity contribution < 1.29 is 0 Å². The van der Waals surface area contributed by atoms with Crippen LogP contribution in [0, 0.1) is 6.92 Å². The van der Waals surface area contributed by atoms with E-state index in [2.05, 4.69) is 35.6 Å². The fraction of sp³-hybridized carbons (Fsp3) is 0.200. The maximum absolute atomic E-state index is 4.37. The van der Waals surface area contributed by atoms with Crippen molar-refractivity contribution in [2.24, 2.45) is 0 Å². The number of hydrogen-bond acceptors (Lipinski definition) is 2. The zero-order valence-electron chi connectivity index (χ0n) is 9.90. The highest BCUT2D eigenvalue weighted by Crippen LogP contribution is 2.36. The maximum Gasteiger partial charge on any atom is 0.0887 e. The highest BCUT2D eigenvalue weighted by atomic mass is 14.8. The minimum atomic E-state index is 0.949. The fourth-order valence-electron chi connectivity index (χ4n) is 2.54. The van der Waals surface area contributed by atoms with E-state index in [1.54, 1.807) is 12.4 Å². The summed E-state index contributed by atoms with van der Waals surface area (Å²) in [4.78, 5) is 8.50. The molecule has 0 amide bonds. The molecule has 2 aromatic rings. The summed E-state index contributed by atoms with van der Waals surface area (Å²) in [7, 11) is 0. The smallest absolute Gasteiger partial charge is 0.0887 e. The van der Waals surface area contributed by atoms with Crippen molar-refractivity contribution in [1.82, 2.24) is 9.97 Å². The summed E-state index contributed by atoms with van der Waals surface area (Å²) >= 11 is 0. The Labute approximate surface area is 101 Å². The molecular formula is C15H14N2. The lowest BCUT2D eigenvalue weighted by atomic mass is 9.96. The van der Waals surface area contributed by atoms with Crippen LogP contribution in [-0.2, 0) is 6.42 Å². The summed E-state index contributed by atoms with van der Waals surface area (Å²) < 4.78 is 0. The zero-order chi connectivity index (χ0) is 11.8. The van der Waals surface area contributed by atoms with E-state index in [-0.39, 0.29) is 0 Å². The van der Waals surface area contributed by atoms with Gasteiger partial charge in [-0.25, -0.2) is 0 Å². The summed E-state index contributed by atoms with van der Waals surface area (Å²) in [5.74, 6) is 0. The normalized spacial score (nSPS) is 13.8. The van der Waals surface area contributed by atoms with Gasteiger partial charge in [0.1, 0.15) is 0 Å². The van der Waals surface area contributed by atoms with Gasteiger partial charge in [-0.15, -0.1) is 0 Å². The van der Waals surface area contributed by atoms with Gasteiger partial charge in [0.05, 0.1) is 11.9 Å². The second-order valence-electron chi connectivity index (χ2n) is 4.46. The monoisotopic (exact) mass is 222 g/mol. The summed E-state index contributed by atoms with van der Waals surface area (Å²) in [6.07, 6.45) is 7.45. The Morgan fingerprint density at radius 1 is 1.12 bits per heavy atom. The minimum absolute atomic E-state index is 0.949. The number of benzene rings is 1. The van der Waals surface area contributed by atoms with Gasteiger partial charge in [0, 0.05) is 18.0 Å². The molecule has 2 heteroatoms. The van der Waals surface area contributed by atoms with Crippen molar-refractivity contribution in [3.05, 3.63) is 54.0 Å². The first-order chi connectivity index (χ1) is 8.27. The molecular weight excluding hydrogens is 208 g/mol. The summed E-state index contributed by atoms with van der Waals surface area (Å²) in [6, 6.07) is 4.30. The van der Waals surface area contributed by atoms with Crippen LogP contribution in [0.2, 0.25) is 0 Å². The average Bonchev–Trinajstić information content (AvgIpc) is 2.74. The van der Waals surface area contributed by atoms with Gasteiger partial charge in [-0.1, -0.05) is 18.7 Å². The second kappa shape index (κ2) is 3.81. The Morgan fingerprint density at radius 2 is 1.94 bits per heavy atom. The molecule has 0 atom stereocenters. The molecule has 2 nitrogen and oxygen atoms in total. The number of aromatic nitrogens is 2. The van der Waals surface area contributed by atoms with Gasteiger partial charge in [0.15, 0.2) is 0 Å². The molecule has 17 heavy (non-hydrogen) atoms. The molecule has 1 aromatic carbocycles. The number of hydrogen-bond donors (Lipinski definition) is 0. The zero-order valence-corrected chi connectivity index (χ0v) is 9.90. The number of allylic oxidation sites excluding steroid dienone is 1. The summed E-state index contributed by atoms with van der Waals surface area (Å²) in [6.45, 7) is 6.28. The lowest BCUT2D eigenvalue weighted by molar-refractivity contribution is 1.06. The highest BCUT2D eigenvalue weighted by Gasteiger charge is 2.18. The Morgan fingerprint density at radius 3 is 2.71 bits per heavy atom. The van der Waals surface area contributed by atoms with Crippen LogP contribution >= 0.6 is 0 Å². The molecule has 0 bridgehead atoms. The van der Waals surface area contributed by atoms with Gasteiger partial charge in [0.2, 0.25) is 0 Å². The lowest BCUT2D eigenvalue weighted by Crippen LogP contribution is -1.93. The van der Waals surface area contributed by atoms with Gasteiger partial charge in [-0.05, 0) is 42.0 Å². The molecule has 0 saturated heterocycles. The van der Waals surface area contributed by atoms with Crippen molar-refractivity contribution >= 4 is 5.57 Å². The van der Waals surface area contributed by atoms with E-state index in [1.165, 1.54) is 27.8 Å². The van der Waals surface area contributed by atoms with Crippen LogP contribution in [0.3, 0.4) is 0 Å². The van der Waals surface area contributed by atoms with Crippen LogP contribution in [0.5, 0.6) is 0 Å². The van der Waals surface area contributed by atoms with Crippen LogP contribution in [0.15, 0.2) is 37.3 Å². The first kappa shape index (κ1) is 10.2. The third kappa shape index (κ3) is 1.57. The van der Waals surface area contributed by atoms with E-state index in [0.717, 1.165) is 18.5 Å². The highest BCUT2D eigenvalue weighted by molar-refractivity contribution is 5.77. The largest absolute Gasteiger partial charge is 0.261 e. The summed E-state index contributed by atoms with van der Waals surface area (Å²) in [5.41, 5.74) is 7.47. The van der Waals surface area contributed by atoms with Gasteiger partial charge in [0.25, 0.3) is 0 Å². The van der Waals surface area contributed by atoms with E-state index in [4.69, 9.17) is 0 Å². The Balaban J connectivity index is 2.19. The fourth-order valence-corrected chi connectivity index (χ4v) is 2.54. The van der Waals surface area contributed by atoms with Crippen molar-refractivity contribution in [3.63, 3.8) is 0 Å². The van der Waals surface area contributed by atoms with Gasteiger partial charge >= 0.3 is 0 Å². The molecule has 1 aliphatic rings. The standard InChI is InChI=1S/C15H14N2/c1-10-3-4-13-11(2)14(6-5-12(10)13)15-9-16-7-8-17-15/h5-9H,1,3-4H2,2H3. The van der Waals surface area contributed by atoms with E-state index in [1.807, 2.05) is 6.20 Å². The molecule has 0 radical (unpaired) electrons. The minimum Gasteiger partial charge on any atom is -0.261 e. The van der Waals surface area contributed by atoms with Crippen molar-refractivity contribution in [1.29, 1.82) is 0 Å². The molecule has 0 N–H and O–H groups in total. The summed E-state index contributed by atoms with van der Waals surface area (Å²) in [5, 5.41) is 0. The first-order valence-electron chi connectivity index (χ1n) is 5.84. The second-order valence-corrected chi connectivity index (χ2v) is 4.46. The number of rotatable bonds is 1. The van der Waals surface area contributed by atoms with Gasteiger partial charge in [-0.3, -0.25) is 9.97 Å². The van der Waals surface area contributed by atoms with Crippen LogP contribution in [-0.4, -0.2) is 9.97 Å². The molecule has 1 heterocycles. The Hall–Kier alpha value is -1.96. The first-order valence-corrected chi connectivity index (χ1v) is 5.84. The van der Waals surface area contributed by atoms with E-state index in [0.29, 0.717) is 0 Å². The van der Waals surface area contributed by atoms with E-state index < -0.39 is 0 Å². The molecule has 0 aliphatic heterocycles. The molecule has 0 saturated carbocycles. The molecule has 1 aliphatic carbocycles. The SMILES string of the molecule is C=C1CCc2c1ccc(-c1cnccn1)c2C. The predicted octanol–water partition coefficient (Wildman–Crippen LogP) is 3.41. The van der Waals surface area contributed by atoms with Crippen molar-refractivity contribution in [2.75, 3.05) is 0 Å². The molecule has 3 rings (SSSR count). The molecule has 84 valence electrons. The molecule has 0 unspecified atom stereocenters. The topological polar surface area (TPSA) is 25.8 Å². The number of fused-ring (bicyclic) bond motifs is 1. The Bertz CT molecular complexity index is 585. The average molecular weight is 222 g/mol. The van der Waals surface area contributed by atoms with Crippen molar-refractivity contribution in [3.8, 4) is 11.3 Å². The molecule has 0 fully saturated rings. The van der Waals surface area contributed by atoms with Crippen LogP contribution in [0.25, 0.3) is 16.8 Å². The predicted molar refractivity (Wildman–Crippen MR) is 69.6 cm³/mol. The third-order valence-electron chi connectivity index (χ3n) is 3.50. The molecule has 1 aromatic heterocycles. The van der Waals surface area contributed by atoms with Gasteiger partial charge < -0.3 is 0 Å².